The predicted molar refractivity (Wildman–Crippen MR) is 63.5 cm³/mol. The van der Waals surface area contributed by atoms with Crippen molar-refractivity contribution in [1.29, 1.82) is 0 Å². The first-order valence-corrected chi connectivity index (χ1v) is 5.11. The van der Waals surface area contributed by atoms with E-state index in [1.807, 2.05) is 12.1 Å². The predicted octanol–water partition coefficient (Wildman–Crippen LogP) is 0.877. The topological polar surface area (TPSA) is 97.0 Å². The first kappa shape index (κ1) is 10.5. The number of nitrogens with zero attached hydrogens (tertiary/aromatic N) is 2. The highest BCUT2D eigenvalue weighted by atomic mass is 16.3. The Balaban J connectivity index is 2.21. The van der Waals surface area contributed by atoms with Crippen molar-refractivity contribution in [2.75, 3.05) is 0 Å². The van der Waals surface area contributed by atoms with Crippen LogP contribution in [0.5, 0.6) is 5.75 Å². The summed E-state index contributed by atoms with van der Waals surface area (Å²) in [4.78, 5) is 0. The number of rotatable bonds is 3. The number of aromatic hydroxyl groups is 1. The number of phenolic OH excluding ortho intramolecular Hbond substituents is 1. The van der Waals surface area contributed by atoms with Crippen LogP contribution in [-0.2, 0) is 0 Å². The van der Waals surface area contributed by atoms with Crippen LogP contribution in [0.25, 0.3) is 0 Å². The number of benzene rings is 1. The summed E-state index contributed by atoms with van der Waals surface area (Å²) in [6.07, 6.45) is 3.88. The van der Waals surface area contributed by atoms with Crippen LogP contribution < -0.4 is 11.5 Å². The van der Waals surface area contributed by atoms with Crippen molar-refractivity contribution in [1.82, 2.24) is 0 Å². The minimum absolute atomic E-state index is 0.103. The quantitative estimate of drug-likeness (QED) is 0.399. The second-order valence-corrected chi connectivity index (χ2v) is 3.86. The van der Waals surface area contributed by atoms with Crippen LogP contribution in [0.15, 0.2) is 28.4 Å². The van der Waals surface area contributed by atoms with Gasteiger partial charge < -0.3 is 16.6 Å². The molecule has 0 radical (unpaired) electrons. The van der Waals surface area contributed by atoms with E-state index in [1.165, 1.54) is 24.6 Å². The number of guanidine groups is 1. The van der Waals surface area contributed by atoms with Gasteiger partial charge in [-0.1, -0.05) is 6.07 Å². The zero-order chi connectivity index (χ0) is 11.5. The van der Waals surface area contributed by atoms with E-state index in [9.17, 15) is 5.11 Å². The molecule has 0 bridgehead atoms. The fourth-order valence-corrected chi connectivity index (χ4v) is 1.50. The molecule has 5 heteroatoms. The van der Waals surface area contributed by atoms with E-state index < -0.39 is 0 Å². The molecule has 16 heavy (non-hydrogen) atoms. The molecular weight excluding hydrogens is 204 g/mol. The Bertz CT molecular complexity index is 445. The molecule has 0 atom stereocenters. The minimum atomic E-state index is -0.103. The molecule has 0 amide bonds. The van der Waals surface area contributed by atoms with Crippen molar-refractivity contribution in [3.05, 3.63) is 29.3 Å². The molecule has 2 rings (SSSR count). The number of hydrogen-bond acceptors (Lipinski definition) is 3. The zero-order valence-corrected chi connectivity index (χ0v) is 8.80. The van der Waals surface area contributed by atoms with Crippen LogP contribution in [0.2, 0.25) is 0 Å². The van der Waals surface area contributed by atoms with E-state index in [0.29, 0.717) is 11.5 Å². The van der Waals surface area contributed by atoms with Gasteiger partial charge in [0.15, 0.2) is 0 Å². The van der Waals surface area contributed by atoms with Gasteiger partial charge in [0.05, 0.1) is 6.21 Å². The maximum atomic E-state index is 9.60. The molecule has 1 aromatic rings. The summed E-state index contributed by atoms with van der Waals surface area (Å²) in [5, 5.41) is 16.8. The van der Waals surface area contributed by atoms with Crippen molar-refractivity contribution in [2.45, 2.75) is 18.8 Å². The lowest BCUT2D eigenvalue weighted by atomic mass is 10.1. The Morgan fingerprint density at radius 2 is 2.12 bits per heavy atom. The molecule has 1 aromatic carbocycles. The van der Waals surface area contributed by atoms with Crippen molar-refractivity contribution in [3.8, 4) is 5.75 Å². The van der Waals surface area contributed by atoms with Crippen LogP contribution >= 0.6 is 0 Å². The smallest absolute Gasteiger partial charge is 0.211 e. The van der Waals surface area contributed by atoms with Gasteiger partial charge in [0.2, 0.25) is 5.96 Å². The molecule has 0 unspecified atom stereocenters. The fourth-order valence-electron chi connectivity index (χ4n) is 1.50. The third kappa shape index (κ3) is 2.50. The van der Waals surface area contributed by atoms with Gasteiger partial charge in [0.1, 0.15) is 5.75 Å². The van der Waals surface area contributed by atoms with Crippen molar-refractivity contribution < 1.29 is 5.11 Å². The summed E-state index contributed by atoms with van der Waals surface area (Å²) in [5.41, 5.74) is 12.1. The van der Waals surface area contributed by atoms with Gasteiger partial charge in [0.25, 0.3) is 0 Å². The third-order valence-corrected chi connectivity index (χ3v) is 2.47. The Morgan fingerprint density at radius 3 is 2.75 bits per heavy atom. The molecule has 84 valence electrons. The van der Waals surface area contributed by atoms with Gasteiger partial charge in [0, 0.05) is 5.56 Å². The summed E-state index contributed by atoms with van der Waals surface area (Å²) in [7, 11) is 0. The summed E-state index contributed by atoms with van der Waals surface area (Å²) in [6.45, 7) is 0. The molecule has 1 fully saturated rings. The van der Waals surface area contributed by atoms with Gasteiger partial charge in [-0.25, -0.2) is 0 Å². The van der Waals surface area contributed by atoms with Crippen LogP contribution in [0.3, 0.4) is 0 Å². The Labute approximate surface area is 93.5 Å². The van der Waals surface area contributed by atoms with E-state index in [4.69, 9.17) is 11.5 Å². The Morgan fingerprint density at radius 1 is 1.38 bits per heavy atom. The largest absolute Gasteiger partial charge is 0.507 e. The summed E-state index contributed by atoms with van der Waals surface area (Å²) < 4.78 is 0. The monoisotopic (exact) mass is 218 g/mol. The molecule has 0 aliphatic heterocycles. The number of phenols is 1. The second kappa shape index (κ2) is 4.22. The lowest BCUT2D eigenvalue weighted by molar-refractivity contribution is 0.474. The molecule has 0 spiro atoms. The average Bonchev–Trinajstić information content (AvgIpc) is 3.04. The molecule has 1 aliphatic rings. The molecule has 5 nitrogen and oxygen atoms in total. The highest BCUT2D eigenvalue weighted by molar-refractivity contribution is 5.84. The van der Waals surface area contributed by atoms with Crippen LogP contribution in [0, 0.1) is 0 Å². The molecule has 0 saturated heterocycles. The molecule has 5 N–H and O–H groups in total. The average molecular weight is 218 g/mol. The van der Waals surface area contributed by atoms with Gasteiger partial charge in [-0.3, -0.25) is 0 Å². The van der Waals surface area contributed by atoms with Gasteiger partial charge in [-0.2, -0.15) is 5.10 Å². The lowest BCUT2D eigenvalue weighted by Gasteiger charge is -2.02. The van der Waals surface area contributed by atoms with E-state index in [0.717, 1.165) is 0 Å². The SMILES string of the molecule is NC(N)=NN=Cc1cc(C2CC2)ccc1O. The Kier molecular flexibility index (Phi) is 2.76. The summed E-state index contributed by atoms with van der Waals surface area (Å²) in [6, 6.07) is 5.52. The maximum absolute atomic E-state index is 9.60. The standard InChI is InChI=1S/C11H14N4O/c12-11(13)15-14-6-9-5-8(7-1-2-7)3-4-10(9)16/h3-7,16H,1-2H2,(H4,12,13,15). The van der Waals surface area contributed by atoms with E-state index >= 15 is 0 Å². The second-order valence-electron chi connectivity index (χ2n) is 3.86. The molecule has 1 saturated carbocycles. The molecule has 0 heterocycles. The van der Waals surface area contributed by atoms with E-state index in [1.54, 1.807) is 6.07 Å². The van der Waals surface area contributed by atoms with Crippen molar-refractivity contribution >= 4 is 12.2 Å². The highest BCUT2D eigenvalue weighted by Gasteiger charge is 2.23. The Hall–Kier alpha value is -2.04. The highest BCUT2D eigenvalue weighted by Crippen LogP contribution is 2.40. The number of hydrogen-bond donors (Lipinski definition) is 3. The maximum Gasteiger partial charge on any atom is 0.211 e. The first-order valence-electron chi connectivity index (χ1n) is 5.11. The summed E-state index contributed by atoms with van der Waals surface area (Å²) >= 11 is 0. The van der Waals surface area contributed by atoms with Gasteiger partial charge in [-0.15, -0.1) is 5.10 Å². The fraction of sp³-hybridized carbons (Fsp3) is 0.273. The van der Waals surface area contributed by atoms with Gasteiger partial charge in [-0.05, 0) is 36.5 Å². The van der Waals surface area contributed by atoms with E-state index in [2.05, 4.69) is 10.2 Å². The lowest BCUT2D eigenvalue weighted by Crippen LogP contribution is -2.21. The van der Waals surface area contributed by atoms with Crippen molar-refractivity contribution in [2.24, 2.45) is 21.7 Å². The van der Waals surface area contributed by atoms with E-state index in [-0.39, 0.29) is 11.7 Å². The molecule has 1 aliphatic carbocycles. The zero-order valence-electron chi connectivity index (χ0n) is 8.80. The summed E-state index contributed by atoms with van der Waals surface area (Å²) in [5.74, 6) is 0.712. The molecular formula is C11H14N4O. The molecule has 0 aromatic heterocycles. The number of nitrogens with two attached hydrogens (primary N) is 2. The first-order chi connectivity index (χ1) is 7.66. The van der Waals surface area contributed by atoms with Crippen molar-refractivity contribution in [3.63, 3.8) is 0 Å². The van der Waals surface area contributed by atoms with Crippen LogP contribution in [0.4, 0.5) is 0 Å². The third-order valence-electron chi connectivity index (χ3n) is 2.47. The van der Waals surface area contributed by atoms with Crippen LogP contribution in [-0.4, -0.2) is 17.3 Å². The minimum Gasteiger partial charge on any atom is -0.507 e. The van der Waals surface area contributed by atoms with Crippen LogP contribution in [0.1, 0.15) is 29.9 Å². The van der Waals surface area contributed by atoms with Gasteiger partial charge >= 0.3 is 0 Å². The normalized spacial score (nSPS) is 15.2.